The molecule has 0 aromatic carbocycles. The van der Waals surface area contributed by atoms with Crippen LogP contribution < -0.4 is 0 Å². The third-order valence-electron chi connectivity index (χ3n) is 5.83. The van der Waals surface area contributed by atoms with Crippen molar-refractivity contribution in [2.45, 2.75) is 82.9 Å². The number of aliphatic hydroxyl groups is 5. The van der Waals surface area contributed by atoms with Gasteiger partial charge < -0.3 is 35.0 Å². The van der Waals surface area contributed by atoms with Crippen LogP contribution in [0.15, 0.2) is 12.2 Å². The summed E-state index contributed by atoms with van der Waals surface area (Å²) >= 11 is 0. The van der Waals surface area contributed by atoms with Gasteiger partial charge in [-0.05, 0) is 12.8 Å². The Hall–Kier alpha value is -0.870. The molecule has 8 nitrogen and oxygen atoms in total. The smallest absolute Gasteiger partial charge is 0.187 e. The summed E-state index contributed by atoms with van der Waals surface area (Å²) in [7, 11) is 0. The Morgan fingerprint density at radius 1 is 1.26 bits per heavy atom. The minimum atomic E-state index is -1.51. The molecule has 0 amide bonds. The molecule has 2 fully saturated rings. The van der Waals surface area contributed by atoms with Crippen LogP contribution in [0.5, 0.6) is 0 Å². The Morgan fingerprint density at radius 2 is 1.89 bits per heavy atom. The van der Waals surface area contributed by atoms with E-state index in [0.717, 1.165) is 0 Å². The van der Waals surface area contributed by atoms with Gasteiger partial charge in [-0.1, -0.05) is 32.9 Å². The molecule has 2 rings (SSSR count). The van der Waals surface area contributed by atoms with Crippen LogP contribution in [0, 0.1) is 11.3 Å². The number of hydrogen-bond acceptors (Lipinski definition) is 8. The number of hydrogen-bond donors (Lipinski definition) is 5. The van der Waals surface area contributed by atoms with Crippen LogP contribution >= 0.6 is 0 Å². The standard InChI is InChI=1S/C19H32O8/c1-10-7-12(21)8-18(3,4)19(10,25)6-5-11(2)26-17-16(24)15(23)14(22)13(9-20)27-17/h5-6,10-11,13-17,20,22-25H,7-9H2,1-4H3/b6-5+/t10-,11?,13-,14-,15+,16-,17-,19-/m1/s1. The van der Waals surface area contributed by atoms with Gasteiger partial charge in [-0.15, -0.1) is 0 Å². The van der Waals surface area contributed by atoms with E-state index in [4.69, 9.17) is 9.47 Å². The number of carbonyl (C=O) groups is 1. The number of carbonyl (C=O) groups excluding carboxylic acids is 1. The first-order valence-corrected chi connectivity index (χ1v) is 9.32. The number of ketones is 1. The van der Waals surface area contributed by atoms with Gasteiger partial charge in [0.25, 0.3) is 0 Å². The van der Waals surface area contributed by atoms with Crippen molar-refractivity contribution in [3.05, 3.63) is 12.2 Å². The fraction of sp³-hybridized carbons (Fsp3) is 0.842. The summed E-state index contributed by atoms with van der Waals surface area (Å²) in [5.41, 5.74) is -1.84. The molecule has 0 spiro atoms. The van der Waals surface area contributed by atoms with Crippen molar-refractivity contribution in [1.29, 1.82) is 0 Å². The molecule has 0 aromatic heterocycles. The topological polar surface area (TPSA) is 137 Å². The van der Waals surface area contributed by atoms with Crippen LogP contribution in [0.3, 0.4) is 0 Å². The van der Waals surface area contributed by atoms with Crippen LogP contribution in [0.4, 0.5) is 0 Å². The molecule has 1 heterocycles. The molecular formula is C19H32O8. The zero-order chi connectivity index (χ0) is 20.6. The van der Waals surface area contributed by atoms with Gasteiger partial charge in [0.2, 0.25) is 0 Å². The second-order valence-corrected chi connectivity index (χ2v) is 8.43. The molecule has 1 aliphatic carbocycles. The van der Waals surface area contributed by atoms with Gasteiger partial charge in [0.15, 0.2) is 6.29 Å². The van der Waals surface area contributed by atoms with Crippen LogP contribution in [0.1, 0.15) is 40.5 Å². The van der Waals surface area contributed by atoms with E-state index in [2.05, 4.69) is 0 Å². The Morgan fingerprint density at radius 3 is 2.44 bits per heavy atom. The maximum absolute atomic E-state index is 11.9. The molecule has 156 valence electrons. The van der Waals surface area contributed by atoms with Gasteiger partial charge >= 0.3 is 0 Å². The zero-order valence-corrected chi connectivity index (χ0v) is 16.3. The number of rotatable bonds is 5. The van der Waals surface area contributed by atoms with E-state index in [1.165, 1.54) is 0 Å². The van der Waals surface area contributed by atoms with Crippen LogP contribution in [-0.2, 0) is 14.3 Å². The highest BCUT2D eigenvalue weighted by atomic mass is 16.7. The van der Waals surface area contributed by atoms with Crippen molar-refractivity contribution in [1.82, 2.24) is 0 Å². The molecule has 2 aliphatic rings. The molecule has 0 radical (unpaired) electrons. The molecular weight excluding hydrogens is 356 g/mol. The first-order chi connectivity index (χ1) is 12.4. The van der Waals surface area contributed by atoms with E-state index < -0.39 is 54.4 Å². The SMILES string of the molecule is CC(/C=C/[C@@]1(O)[C@H](C)CC(=O)CC1(C)C)O[C@@H]1O[C@H](CO)[C@@H](O)[C@H](O)[C@H]1O. The first-order valence-electron chi connectivity index (χ1n) is 9.32. The maximum atomic E-state index is 11.9. The van der Waals surface area contributed by atoms with Crippen molar-refractivity contribution < 1.29 is 39.8 Å². The van der Waals surface area contributed by atoms with E-state index in [-0.39, 0.29) is 18.1 Å². The quantitative estimate of drug-likeness (QED) is 0.398. The van der Waals surface area contributed by atoms with E-state index in [0.29, 0.717) is 6.42 Å². The van der Waals surface area contributed by atoms with Gasteiger partial charge in [-0.3, -0.25) is 4.79 Å². The predicted molar refractivity (Wildman–Crippen MR) is 95.6 cm³/mol. The highest BCUT2D eigenvalue weighted by Gasteiger charge is 2.50. The van der Waals surface area contributed by atoms with Gasteiger partial charge in [0, 0.05) is 18.3 Å². The lowest BCUT2D eigenvalue weighted by molar-refractivity contribution is -0.306. The molecule has 0 bridgehead atoms. The Kier molecular flexibility index (Phi) is 6.85. The average molecular weight is 388 g/mol. The van der Waals surface area contributed by atoms with Gasteiger partial charge in [0.1, 0.15) is 30.2 Å². The Balaban J connectivity index is 2.08. The Labute approximate surface area is 159 Å². The van der Waals surface area contributed by atoms with E-state index in [1.54, 1.807) is 19.1 Å². The molecule has 1 unspecified atom stereocenters. The highest BCUT2D eigenvalue weighted by molar-refractivity contribution is 5.81. The van der Waals surface area contributed by atoms with Crippen molar-refractivity contribution in [2.75, 3.05) is 6.61 Å². The Bertz CT molecular complexity index is 560. The number of aliphatic hydroxyl groups excluding tert-OH is 4. The summed E-state index contributed by atoms with van der Waals surface area (Å²) in [4.78, 5) is 11.9. The third-order valence-corrected chi connectivity index (χ3v) is 5.83. The molecule has 1 aliphatic heterocycles. The second kappa shape index (κ2) is 8.24. The monoisotopic (exact) mass is 388 g/mol. The van der Waals surface area contributed by atoms with Gasteiger partial charge in [-0.2, -0.15) is 0 Å². The van der Waals surface area contributed by atoms with Crippen molar-refractivity contribution in [2.24, 2.45) is 11.3 Å². The number of Topliss-reactive ketones (excluding diaryl/α,β-unsaturated/α-hetero) is 1. The molecule has 5 N–H and O–H groups in total. The summed E-state index contributed by atoms with van der Waals surface area (Å²) in [6, 6.07) is 0. The highest BCUT2D eigenvalue weighted by Crippen LogP contribution is 2.46. The lowest BCUT2D eigenvalue weighted by Crippen LogP contribution is -2.59. The van der Waals surface area contributed by atoms with Crippen LogP contribution in [0.25, 0.3) is 0 Å². The van der Waals surface area contributed by atoms with Crippen LogP contribution in [-0.4, -0.2) is 80.3 Å². The van der Waals surface area contributed by atoms with E-state index in [1.807, 2.05) is 20.8 Å². The van der Waals surface area contributed by atoms with E-state index in [9.17, 15) is 30.3 Å². The minimum absolute atomic E-state index is 0.121. The second-order valence-electron chi connectivity index (χ2n) is 8.43. The summed E-state index contributed by atoms with van der Waals surface area (Å²) in [5.74, 6) is -0.138. The predicted octanol–water partition coefficient (Wildman–Crippen LogP) is -0.496. The summed E-state index contributed by atoms with van der Waals surface area (Å²) in [6.45, 7) is 6.65. The molecule has 1 saturated heterocycles. The maximum Gasteiger partial charge on any atom is 0.187 e. The lowest BCUT2D eigenvalue weighted by atomic mass is 9.60. The molecule has 8 heteroatoms. The summed E-state index contributed by atoms with van der Waals surface area (Å²) < 4.78 is 10.9. The van der Waals surface area contributed by atoms with Crippen molar-refractivity contribution in [3.63, 3.8) is 0 Å². The average Bonchev–Trinajstić information content (AvgIpc) is 2.58. The van der Waals surface area contributed by atoms with Crippen LogP contribution in [0.2, 0.25) is 0 Å². The molecule has 8 atom stereocenters. The third kappa shape index (κ3) is 4.42. The normalized spacial score (nSPS) is 43.8. The fourth-order valence-electron chi connectivity index (χ4n) is 3.98. The molecule has 0 aromatic rings. The van der Waals surface area contributed by atoms with Crippen molar-refractivity contribution in [3.8, 4) is 0 Å². The molecule has 27 heavy (non-hydrogen) atoms. The zero-order valence-electron chi connectivity index (χ0n) is 16.3. The van der Waals surface area contributed by atoms with Crippen molar-refractivity contribution >= 4 is 5.78 Å². The first kappa shape index (κ1) is 22.4. The van der Waals surface area contributed by atoms with Gasteiger partial charge in [0.05, 0.1) is 18.3 Å². The minimum Gasteiger partial charge on any atom is -0.394 e. The van der Waals surface area contributed by atoms with E-state index >= 15 is 0 Å². The summed E-state index contributed by atoms with van der Waals surface area (Å²) in [5, 5.41) is 50.1. The number of ether oxygens (including phenoxy) is 2. The van der Waals surface area contributed by atoms with Gasteiger partial charge in [-0.25, -0.2) is 0 Å². The molecule has 1 saturated carbocycles. The lowest BCUT2D eigenvalue weighted by Gasteiger charge is -2.48. The largest absolute Gasteiger partial charge is 0.394 e. The summed E-state index contributed by atoms with van der Waals surface area (Å²) in [6.07, 6.45) is -3.51. The fourth-order valence-corrected chi connectivity index (χ4v) is 3.98.